The molecule has 0 amide bonds. The van der Waals surface area contributed by atoms with Crippen molar-refractivity contribution in [2.75, 3.05) is 13.2 Å². The van der Waals surface area contributed by atoms with Gasteiger partial charge in [-0.25, -0.2) is 0 Å². The fraction of sp³-hybridized carbons (Fsp3) is 0.583. The molecule has 0 aliphatic rings. The second-order valence-electron chi connectivity index (χ2n) is 7.25. The lowest BCUT2D eigenvalue weighted by atomic mass is 10.1. The standard InChI is InChI=1S/C24H35ClO2/c1-3-5-7-9-11-18-26-23-15-13-14-21-20(23)16-17-22(25)24(21)27-19-12-10-8-6-4-2/h13-17H,3-12,18-19H2,1-2H3. The van der Waals surface area contributed by atoms with Crippen LogP contribution in [0.25, 0.3) is 10.8 Å². The van der Waals surface area contributed by atoms with E-state index in [9.17, 15) is 0 Å². The molecule has 0 bridgehead atoms. The van der Waals surface area contributed by atoms with E-state index in [-0.39, 0.29) is 0 Å². The van der Waals surface area contributed by atoms with Gasteiger partial charge in [-0.3, -0.25) is 0 Å². The SMILES string of the molecule is CCCCCCCOc1cccc2c(OCCCCCCC)c(Cl)ccc12. The van der Waals surface area contributed by atoms with Gasteiger partial charge in [0.15, 0.2) is 0 Å². The summed E-state index contributed by atoms with van der Waals surface area (Å²) in [6.07, 6.45) is 12.3. The number of rotatable bonds is 14. The van der Waals surface area contributed by atoms with Crippen LogP contribution in [0.1, 0.15) is 78.1 Å². The van der Waals surface area contributed by atoms with E-state index >= 15 is 0 Å². The van der Waals surface area contributed by atoms with Crippen LogP contribution in [0, 0.1) is 0 Å². The van der Waals surface area contributed by atoms with Crippen molar-refractivity contribution in [2.45, 2.75) is 78.1 Å². The molecule has 2 aromatic carbocycles. The van der Waals surface area contributed by atoms with E-state index in [1.165, 1.54) is 51.4 Å². The van der Waals surface area contributed by atoms with Crippen LogP contribution >= 0.6 is 11.6 Å². The largest absolute Gasteiger partial charge is 0.493 e. The molecule has 3 heteroatoms. The van der Waals surface area contributed by atoms with Crippen molar-refractivity contribution >= 4 is 22.4 Å². The van der Waals surface area contributed by atoms with E-state index in [0.29, 0.717) is 11.6 Å². The minimum Gasteiger partial charge on any atom is -0.493 e. The van der Waals surface area contributed by atoms with Crippen molar-refractivity contribution in [3.8, 4) is 11.5 Å². The van der Waals surface area contributed by atoms with Gasteiger partial charge in [0.2, 0.25) is 0 Å². The molecule has 0 unspecified atom stereocenters. The number of unbranched alkanes of at least 4 members (excludes halogenated alkanes) is 8. The van der Waals surface area contributed by atoms with E-state index in [1.54, 1.807) is 0 Å². The Balaban J connectivity index is 1.96. The van der Waals surface area contributed by atoms with Crippen LogP contribution in [0.2, 0.25) is 5.02 Å². The lowest BCUT2D eigenvalue weighted by Gasteiger charge is -2.14. The van der Waals surface area contributed by atoms with Gasteiger partial charge in [0.1, 0.15) is 11.5 Å². The third-order valence-corrected chi connectivity index (χ3v) is 5.22. The topological polar surface area (TPSA) is 18.5 Å². The summed E-state index contributed by atoms with van der Waals surface area (Å²) in [6.45, 7) is 5.95. The van der Waals surface area contributed by atoms with Crippen LogP contribution in [0.4, 0.5) is 0 Å². The highest BCUT2D eigenvalue weighted by Gasteiger charge is 2.11. The number of benzene rings is 2. The summed E-state index contributed by atoms with van der Waals surface area (Å²) >= 11 is 6.43. The van der Waals surface area contributed by atoms with E-state index in [1.807, 2.05) is 24.3 Å². The van der Waals surface area contributed by atoms with Crippen molar-refractivity contribution in [3.05, 3.63) is 35.4 Å². The lowest BCUT2D eigenvalue weighted by molar-refractivity contribution is 0.305. The predicted molar refractivity (Wildman–Crippen MR) is 117 cm³/mol. The maximum Gasteiger partial charge on any atom is 0.145 e. The van der Waals surface area contributed by atoms with Gasteiger partial charge in [0, 0.05) is 10.8 Å². The van der Waals surface area contributed by atoms with Crippen molar-refractivity contribution in [3.63, 3.8) is 0 Å². The molecule has 0 saturated heterocycles. The number of halogens is 1. The third kappa shape index (κ3) is 7.25. The average molecular weight is 391 g/mol. The van der Waals surface area contributed by atoms with Gasteiger partial charge in [-0.2, -0.15) is 0 Å². The first-order valence-corrected chi connectivity index (χ1v) is 11.1. The summed E-state index contributed by atoms with van der Waals surface area (Å²) in [5.41, 5.74) is 0. The normalized spacial score (nSPS) is 11.1. The first kappa shape index (κ1) is 21.9. The Kier molecular flexibility index (Phi) is 10.4. The van der Waals surface area contributed by atoms with Gasteiger partial charge in [-0.05, 0) is 31.0 Å². The molecule has 2 nitrogen and oxygen atoms in total. The minimum absolute atomic E-state index is 0.674. The van der Waals surface area contributed by atoms with Gasteiger partial charge in [-0.1, -0.05) is 88.9 Å². The van der Waals surface area contributed by atoms with Crippen molar-refractivity contribution in [1.29, 1.82) is 0 Å². The number of ether oxygens (including phenoxy) is 2. The lowest BCUT2D eigenvalue weighted by Crippen LogP contribution is -2.00. The highest BCUT2D eigenvalue weighted by atomic mass is 35.5. The molecule has 0 aliphatic carbocycles. The molecule has 2 aromatic rings. The van der Waals surface area contributed by atoms with Crippen molar-refractivity contribution in [2.24, 2.45) is 0 Å². The average Bonchev–Trinajstić information content (AvgIpc) is 2.68. The smallest absolute Gasteiger partial charge is 0.145 e. The Morgan fingerprint density at radius 2 is 1.30 bits per heavy atom. The number of hydrogen-bond donors (Lipinski definition) is 0. The first-order valence-electron chi connectivity index (χ1n) is 10.7. The van der Waals surface area contributed by atoms with E-state index < -0.39 is 0 Å². The number of hydrogen-bond acceptors (Lipinski definition) is 2. The highest BCUT2D eigenvalue weighted by Crippen LogP contribution is 2.37. The quantitative estimate of drug-likeness (QED) is 0.302. The fourth-order valence-electron chi connectivity index (χ4n) is 3.31. The van der Waals surface area contributed by atoms with Crippen molar-refractivity contribution in [1.82, 2.24) is 0 Å². The van der Waals surface area contributed by atoms with Gasteiger partial charge >= 0.3 is 0 Å². The van der Waals surface area contributed by atoms with E-state index in [4.69, 9.17) is 21.1 Å². The molecule has 2 rings (SSSR count). The Morgan fingerprint density at radius 3 is 1.96 bits per heavy atom. The van der Waals surface area contributed by atoms with Crippen molar-refractivity contribution < 1.29 is 9.47 Å². The molecule has 150 valence electrons. The van der Waals surface area contributed by atoms with Gasteiger partial charge in [0.05, 0.1) is 18.2 Å². The van der Waals surface area contributed by atoms with Crippen LogP contribution in [-0.2, 0) is 0 Å². The molecule has 0 aromatic heterocycles. The fourth-order valence-corrected chi connectivity index (χ4v) is 3.53. The summed E-state index contributed by atoms with van der Waals surface area (Å²) in [6, 6.07) is 10.1. The maximum atomic E-state index is 6.43. The molecule has 0 radical (unpaired) electrons. The van der Waals surface area contributed by atoms with Crippen LogP contribution in [0.3, 0.4) is 0 Å². The van der Waals surface area contributed by atoms with Crippen LogP contribution in [0.15, 0.2) is 30.3 Å². The van der Waals surface area contributed by atoms with E-state index in [0.717, 1.165) is 41.7 Å². The molecule has 0 saturated carbocycles. The van der Waals surface area contributed by atoms with Crippen LogP contribution < -0.4 is 9.47 Å². The molecular weight excluding hydrogens is 356 g/mol. The van der Waals surface area contributed by atoms with Crippen LogP contribution in [-0.4, -0.2) is 13.2 Å². The van der Waals surface area contributed by atoms with Gasteiger partial charge in [-0.15, -0.1) is 0 Å². The second kappa shape index (κ2) is 12.9. The molecule has 0 aliphatic heterocycles. The minimum atomic E-state index is 0.674. The monoisotopic (exact) mass is 390 g/mol. The zero-order valence-corrected chi connectivity index (χ0v) is 17.8. The van der Waals surface area contributed by atoms with E-state index in [2.05, 4.69) is 19.9 Å². The molecule has 0 spiro atoms. The Morgan fingerprint density at radius 1 is 0.667 bits per heavy atom. The Hall–Kier alpha value is -1.41. The zero-order chi connectivity index (χ0) is 19.3. The molecule has 0 fully saturated rings. The summed E-state index contributed by atoms with van der Waals surface area (Å²) in [5, 5.41) is 2.80. The summed E-state index contributed by atoms with van der Waals surface area (Å²) in [7, 11) is 0. The number of fused-ring (bicyclic) bond motifs is 1. The first-order chi connectivity index (χ1) is 13.3. The molecule has 0 heterocycles. The molecule has 0 atom stereocenters. The zero-order valence-electron chi connectivity index (χ0n) is 17.1. The molecule has 27 heavy (non-hydrogen) atoms. The molecular formula is C24H35ClO2. The third-order valence-electron chi connectivity index (χ3n) is 4.92. The predicted octanol–water partition coefficient (Wildman–Crippen LogP) is 8.19. The highest BCUT2D eigenvalue weighted by molar-refractivity contribution is 6.33. The summed E-state index contributed by atoms with van der Waals surface area (Å²) in [5.74, 6) is 1.71. The summed E-state index contributed by atoms with van der Waals surface area (Å²) < 4.78 is 12.1. The summed E-state index contributed by atoms with van der Waals surface area (Å²) in [4.78, 5) is 0. The maximum absolute atomic E-state index is 6.43. The Labute approximate surface area is 170 Å². The van der Waals surface area contributed by atoms with Crippen LogP contribution in [0.5, 0.6) is 11.5 Å². The Bertz CT molecular complexity index is 669. The second-order valence-corrected chi connectivity index (χ2v) is 7.66. The van der Waals surface area contributed by atoms with Gasteiger partial charge in [0.25, 0.3) is 0 Å². The van der Waals surface area contributed by atoms with Gasteiger partial charge < -0.3 is 9.47 Å². The molecule has 0 N–H and O–H groups in total.